The Morgan fingerprint density at radius 2 is 1.97 bits per heavy atom. The maximum Gasteiger partial charge on any atom is 0.0986 e. The molecule has 0 atom stereocenters. The normalized spacial score (nSPS) is 13.7. The molecule has 0 aliphatic carbocycles. The van der Waals surface area contributed by atoms with Crippen LogP contribution in [-0.4, -0.2) is 29.2 Å². The third kappa shape index (κ3) is 3.59. The smallest absolute Gasteiger partial charge is 0.0986 e. The van der Waals surface area contributed by atoms with Gasteiger partial charge in [-0.15, -0.1) is 0 Å². The molecule has 0 saturated carbocycles. The fourth-order valence-corrected chi connectivity index (χ4v) is 4.08. The van der Waals surface area contributed by atoms with Gasteiger partial charge in [-0.25, -0.2) is 0 Å². The lowest BCUT2D eigenvalue weighted by Crippen LogP contribution is -2.23. The number of fused-ring (bicyclic) bond motifs is 3. The first-order valence-corrected chi connectivity index (χ1v) is 9.90. The number of aryl methyl sites for hydroxylation is 2. The van der Waals surface area contributed by atoms with Crippen molar-refractivity contribution in [3.8, 4) is 11.3 Å². The third-order valence-electron chi connectivity index (χ3n) is 5.46. The molecule has 1 aliphatic rings. The van der Waals surface area contributed by atoms with Crippen molar-refractivity contribution in [3.63, 3.8) is 0 Å². The van der Waals surface area contributed by atoms with Gasteiger partial charge in [0.15, 0.2) is 0 Å². The number of nitrogens with zero attached hydrogens (tertiary/aromatic N) is 6. The molecule has 5 heterocycles. The molecular weight excluding hydrogens is 360 g/mol. The van der Waals surface area contributed by atoms with Crippen LogP contribution in [0.4, 0.5) is 0 Å². The van der Waals surface area contributed by atoms with E-state index in [9.17, 15) is 0 Å². The molecule has 6 heteroatoms. The first-order valence-electron chi connectivity index (χ1n) is 9.90. The Balaban J connectivity index is 1.49. The molecule has 0 saturated heterocycles. The molecule has 0 amide bonds. The highest BCUT2D eigenvalue weighted by atomic mass is 15.3. The first kappa shape index (κ1) is 17.8. The summed E-state index contributed by atoms with van der Waals surface area (Å²) in [5.41, 5.74) is 8.18. The summed E-state index contributed by atoms with van der Waals surface area (Å²) in [5.74, 6) is 0. The van der Waals surface area contributed by atoms with Crippen molar-refractivity contribution in [2.75, 3.05) is 0 Å². The molecule has 0 aromatic carbocycles. The topological polar surface area (TPSA) is 51.8 Å². The van der Waals surface area contributed by atoms with Crippen molar-refractivity contribution in [3.05, 3.63) is 89.4 Å². The van der Waals surface area contributed by atoms with Crippen molar-refractivity contribution in [2.45, 2.75) is 33.1 Å². The van der Waals surface area contributed by atoms with Crippen LogP contribution >= 0.6 is 0 Å². The molecule has 4 aromatic rings. The minimum absolute atomic E-state index is 0.725. The Labute approximate surface area is 170 Å². The van der Waals surface area contributed by atoms with Gasteiger partial charge < -0.3 is 4.57 Å². The van der Waals surface area contributed by atoms with Gasteiger partial charge in [-0.1, -0.05) is 12.1 Å². The minimum Gasteiger partial charge on any atom is -0.353 e. The van der Waals surface area contributed by atoms with Crippen LogP contribution in [0.25, 0.3) is 11.3 Å². The summed E-state index contributed by atoms with van der Waals surface area (Å²) in [6, 6.07) is 12.5. The second-order valence-corrected chi connectivity index (χ2v) is 7.76. The van der Waals surface area contributed by atoms with Crippen LogP contribution in [0.3, 0.4) is 0 Å². The summed E-state index contributed by atoms with van der Waals surface area (Å²) < 4.78 is 4.24. The standard InChI is InChI=1S/C23H24N6/c1-17-5-3-7-20(25-17)15-28-13-19-14-29(12-18-6-4-9-24-11-18)26-23(19)21-8-10-27(2)22(21)16-28/h3-11,14H,12-13,15-16H2,1-2H3. The summed E-state index contributed by atoms with van der Waals surface area (Å²) in [6.45, 7) is 5.32. The van der Waals surface area contributed by atoms with Crippen molar-refractivity contribution in [1.82, 2.24) is 29.2 Å². The van der Waals surface area contributed by atoms with Crippen molar-refractivity contribution in [2.24, 2.45) is 7.05 Å². The monoisotopic (exact) mass is 384 g/mol. The first-order chi connectivity index (χ1) is 14.2. The SMILES string of the molecule is Cc1cccc(CN2Cc3cn(Cc4cccnc4)nc3-c3ccn(C)c3C2)n1. The highest BCUT2D eigenvalue weighted by Crippen LogP contribution is 2.32. The molecule has 0 N–H and O–H groups in total. The zero-order valence-corrected chi connectivity index (χ0v) is 16.8. The highest BCUT2D eigenvalue weighted by Gasteiger charge is 2.24. The van der Waals surface area contributed by atoms with Crippen LogP contribution in [0, 0.1) is 6.92 Å². The number of hydrogen-bond acceptors (Lipinski definition) is 4. The zero-order valence-electron chi connectivity index (χ0n) is 16.8. The Kier molecular flexibility index (Phi) is 4.48. The number of rotatable bonds is 4. The molecule has 146 valence electrons. The molecule has 0 bridgehead atoms. The van der Waals surface area contributed by atoms with Crippen LogP contribution in [0.2, 0.25) is 0 Å². The molecule has 1 aliphatic heterocycles. The molecule has 6 nitrogen and oxygen atoms in total. The maximum atomic E-state index is 4.95. The Hall–Kier alpha value is -3.25. The highest BCUT2D eigenvalue weighted by molar-refractivity contribution is 5.66. The number of hydrogen-bond donors (Lipinski definition) is 0. The van der Waals surface area contributed by atoms with Gasteiger partial charge >= 0.3 is 0 Å². The van der Waals surface area contributed by atoms with E-state index in [0.29, 0.717) is 0 Å². The lowest BCUT2D eigenvalue weighted by molar-refractivity contribution is 0.242. The average Bonchev–Trinajstić information content (AvgIpc) is 3.22. The van der Waals surface area contributed by atoms with Crippen molar-refractivity contribution in [1.29, 1.82) is 0 Å². The lowest BCUT2D eigenvalue weighted by atomic mass is 10.1. The second-order valence-electron chi connectivity index (χ2n) is 7.76. The predicted molar refractivity (Wildman–Crippen MR) is 112 cm³/mol. The van der Waals surface area contributed by atoms with Gasteiger partial charge in [0.05, 0.1) is 17.9 Å². The summed E-state index contributed by atoms with van der Waals surface area (Å²) in [4.78, 5) is 11.4. The fourth-order valence-electron chi connectivity index (χ4n) is 4.08. The van der Waals surface area contributed by atoms with Crippen LogP contribution in [-0.2, 0) is 33.2 Å². The molecule has 5 rings (SSSR count). The van der Waals surface area contributed by atoms with Gasteiger partial charge in [0.25, 0.3) is 0 Å². The van der Waals surface area contributed by atoms with E-state index < -0.39 is 0 Å². The lowest BCUT2D eigenvalue weighted by Gasteiger charge is -2.20. The molecule has 0 fully saturated rings. The van der Waals surface area contributed by atoms with E-state index in [4.69, 9.17) is 10.1 Å². The molecular formula is C23H24N6. The molecule has 4 aromatic heterocycles. The van der Waals surface area contributed by atoms with Crippen LogP contribution < -0.4 is 0 Å². The van der Waals surface area contributed by atoms with Crippen LogP contribution in [0.1, 0.15) is 28.2 Å². The van der Waals surface area contributed by atoms with E-state index in [2.05, 4.69) is 58.2 Å². The van der Waals surface area contributed by atoms with Gasteiger partial charge in [-0.3, -0.25) is 19.5 Å². The van der Waals surface area contributed by atoms with Gasteiger partial charge in [0.1, 0.15) is 0 Å². The van der Waals surface area contributed by atoms with E-state index in [1.54, 1.807) is 6.20 Å². The van der Waals surface area contributed by atoms with E-state index in [1.807, 2.05) is 29.9 Å². The van der Waals surface area contributed by atoms with Crippen molar-refractivity contribution < 1.29 is 0 Å². The Bertz CT molecular complexity index is 1140. The van der Waals surface area contributed by atoms with E-state index in [-0.39, 0.29) is 0 Å². The van der Waals surface area contributed by atoms with Crippen LogP contribution in [0.5, 0.6) is 0 Å². The average molecular weight is 384 g/mol. The summed E-state index contributed by atoms with van der Waals surface area (Å²) in [6.07, 6.45) is 8.01. The van der Waals surface area contributed by atoms with Crippen LogP contribution in [0.15, 0.2) is 61.2 Å². The van der Waals surface area contributed by atoms with E-state index in [1.165, 1.54) is 16.8 Å². The summed E-state index contributed by atoms with van der Waals surface area (Å²) in [7, 11) is 2.11. The predicted octanol–water partition coefficient (Wildman–Crippen LogP) is 3.55. The van der Waals surface area contributed by atoms with Crippen molar-refractivity contribution >= 4 is 0 Å². The fraction of sp³-hybridized carbons (Fsp3) is 0.261. The van der Waals surface area contributed by atoms with Gasteiger partial charge in [0, 0.05) is 74.0 Å². The third-order valence-corrected chi connectivity index (χ3v) is 5.46. The second kappa shape index (κ2) is 7.29. The maximum absolute atomic E-state index is 4.95. The van der Waals surface area contributed by atoms with E-state index >= 15 is 0 Å². The van der Waals surface area contributed by atoms with Gasteiger partial charge in [-0.2, -0.15) is 5.10 Å². The number of aromatic nitrogens is 5. The summed E-state index contributed by atoms with van der Waals surface area (Å²) >= 11 is 0. The molecule has 0 unspecified atom stereocenters. The van der Waals surface area contributed by atoms with Gasteiger partial charge in [0.2, 0.25) is 0 Å². The Morgan fingerprint density at radius 1 is 1.03 bits per heavy atom. The Morgan fingerprint density at radius 3 is 2.79 bits per heavy atom. The minimum atomic E-state index is 0.725. The number of pyridine rings is 2. The van der Waals surface area contributed by atoms with E-state index in [0.717, 1.165) is 48.8 Å². The largest absolute Gasteiger partial charge is 0.353 e. The summed E-state index contributed by atoms with van der Waals surface area (Å²) in [5, 5.41) is 4.95. The molecule has 29 heavy (non-hydrogen) atoms. The zero-order chi connectivity index (χ0) is 19.8. The molecule has 0 radical (unpaired) electrons. The molecule has 0 spiro atoms. The van der Waals surface area contributed by atoms with Gasteiger partial charge in [-0.05, 0) is 36.8 Å². The quantitative estimate of drug-likeness (QED) is 0.540.